The van der Waals surface area contributed by atoms with E-state index in [1.807, 2.05) is 40.4 Å². The SMILES string of the molecule is Cn1c(-c2ccccc2)cn2c3cnc(=O)n(C)c3nc12. The van der Waals surface area contributed by atoms with Gasteiger partial charge in [-0.05, 0) is 5.56 Å². The number of aromatic nitrogens is 5. The molecule has 21 heavy (non-hydrogen) atoms. The lowest BCUT2D eigenvalue weighted by Gasteiger charge is -2.01. The quantitative estimate of drug-likeness (QED) is 0.531. The highest BCUT2D eigenvalue weighted by Crippen LogP contribution is 2.24. The average Bonchev–Trinajstić information content (AvgIpc) is 3.02. The topological polar surface area (TPSA) is 57.1 Å². The number of fused-ring (bicyclic) bond motifs is 3. The molecule has 104 valence electrons. The van der Waals surface area contributed by atoms with Gasteiger partial charge in [0.25, 0.3) is 0 Å². The third-order valence-corrected chi connectivity index (χ3v) is 3.79. The molecule has 6 nitrogen and oxygen atoms in total. The molecule has 3 heterocycles. The van der Waals surface area contributed by atoms with E-state index in [0.717, 1.165) is 22.6 Å². The lowest BCUT2D eigenvalue weighted by atomic mass is 10.2. The van der Waals surface area contributed by atoms with Crippen molar-refractivity contribution < 1.29 is 0 Å². The summed E-state index contributed by atoms with van der Waals surface area (Å²) < 4.78 is 5.44. The number of aryl methyl sites for hydroxylation is 2. The molecule has 0 radical (unpaired) electrons. The van der Waals surface area contributed by atoms with E-state index in [-0.39, 0.29) is 5.69 Å². The summed E-state index contributed by atoms with van der Waals surface area (Å²) in [4.78, 5) is 20.0. The highest BCUT2D eigenvalue weighted by molar-refractivity contribution is 5.77. The van der Waals surface area contributed by atoms with E-state index in [0.29, 0.717) is 5.65 Å². The third kappa shape index (κ3) is 1.56. The number of hydrogen-bond donors (Lipinski definition) is 0. The summed E-state index contributed by atoms with van der Waals surface area (Å²) in [5, 5.41) is 0. The molecule has 0 saturated carbocycles. The van der Waals surface area contributed by atoms with E-state index < -0.39 is 0 Å². The van der Waals surface area contributed by atoms with Crippen LogP contribution >= 0.6 is 0 Å². The molecule has 3 aromatic heterocycles. The second kappa shape index (κ2) is 4.05. The Balaban J connectivity index is 2.09. The minimum Gasteiger partial charge on any atom is -0.313 e. The fourth-order valence-corrected chi connectivity index (χ4v) is 2.64. The van der Waals surface area contributed by atoms with Crippen molar-refractivity contribution in [2.75, 3.05) is 0 Å². The minimum atomic E-state index is -0.297. The monoisotopic (exact) mass is 279 g/mol. The first-order valence-electron chi connectivity index (χ1n) is 6.62. The summed E-state index contributed by atoms with van der Waals surface area (Å²) in [5.74, 6) is 0.784. The largest absolute Gasteiger partial charge is 0.349 e. The van der Waals surface area contributed by atoms with Crippen LogP contribution in [-0.4, -0.2) is 23.5 Å². The van der Waals surface area contributed by atoms with Crippen LogP contribution < -0.4 is 5.69 Å². The van der Waals surface area contributed by atoms with Crippen molar-refractivity contribution in [3.05, 3.63) is 53.2 Å². The van der Waals surface area contributed by atoms with Crippen LogP contribution in [0, 0.1) is 0 Å². The second-order valence-corrected chi connectivity index (χ2v) is 5.03. The molecule has 0 amide bonds. The molecule has 0 spiro atoms. The summed E-state index contributed by atoms with van der Waals surface area (Å²) in [6, 6.07) is 10.1. The highest BCUT2D eigenvalue weighted by Gasteiger charge is 2.15. The maximum Gasteiger partial charge on any atom is 0.349 e. The Kier molecular flexibility index (Phi) is 2.29. The average molecular weight is 279 g/mol. The lowest BCUT2D eigenvalue weighted by molar-refractivity contribution is 0.840. The number of rotatable bonds is 1. The van der Waals surface area contributed by atoms with Gasteiger partial charge >= 0.3 is 5.69 Å². The van der Waals surface area contributed by atoms with E-state index in [4.69, 9.17) is 0 Å². The number of benzene rings is 1. The van der Waals surface area contributed by atoms with Gasteiger partial charge in [-0.15, -0.1) is 0 Å². The van der Waals surface area contributed by atoms with E-state index in [9.17, 15) is 4.79 Å². The lowest BCUT2D eigenvalue weighted by Crippen LogP contribution is -2.19. The Morgan fingerprint density at radius 2 is 1.81 bits per heavy atom. The Morgan fingerprint density at radius 3 is 2.57 bits per heavy atom. The van der Waals surface area contributed by atoms with Crippen molar-refractivity contribution >= 4 is 16.9 Å². The van der Waals surface area contributed by atoms with Gasteiger partial charge in [0.2, 0.25) is 5.78 Å². The predicted molar refractivity (Wildman–Crippen MR) is 80.1 cm³/mol. The smallest absolute Gasteiger partial charge is 0.313 e. The van der Waals surface area contributed by atoms with Crippen LogP contribution in [0.1, 0.15) is 0 Å². The zero-order valence-electron chi connectivity index (χ0n) is 11.7. The summed E-state index contributed by atoms with van der Waals surface area (Å²) in [6.07, 6.45) is 3.60. The normalized spacial score (nSPS) is 11.5. The third-order valence-electron chi connectivity index (χ3n) is 3.79. The van der Waals surface area contributed by atoms with Gasteiger partial charge in [-0.1, -0.05) is 30.3 Å². The van der Waals surface area contributed by atoms with Crippen molar-refractivity contribution in [1.82, 2.24) is 23.5 Å². The molecule has 1 aromatic carbocycles. The maximum atomic E-state index is 11.6. The minimum absolute atomic E-state index is 0.297. The van der Waals surface area contributed by atoms with Crippen LogP contribution in [-0.2, 0) is 14.1 Å². The van der Waals surface area contributed by atoms with Gasteiger partial charge in [-0.2, -0.15) is 9.97 Å². The molecule has 0 aliphatic carbocycles. The fraction of sp³-hybridized carbons (Fsp3) is 0.133. The van der Waals surface area contributed by atoms with Gasteiger partial charge in [0.05, 0.1) is 11.9 Å². The predicted octanol–water partition coefficient (Wildman–Crippen LogP) is 1.59. The summed E-state index contributed by atoms with van der Waals surface area (Å²) in [5.41, 5.74) is 3.35. The van der Waals surface area contributed by atoms with Crippen LogP contribution in [0.5, 0.6) is 0 Å². The molecule has 4 aromatic rings. The summed E-state index contributed by atoms with van der Waals surface area (Å²) in [7, 11) is 3.65. The first kappa shape index (κ1) is 11.9. The van der Waals surface area contributed by atoms with Crippen LogP contribution in [0.15, 0.2) is 47.5 Å². The molecule has 6 heteroatoms. The van der Waals surface area contributed by atoms with Crippen LogP contribution in [0.2, 0.25) is 0 Å². The van der Waals surface area contributed by atoms with Crippen LogP contribution in [0.4, 0.5) is 0 Å². The zero-order chi connectivity index (χ0) is 14.6. The number of imidazole rings is 2. The molecule has 4 rings (SSSR count). The van der Waals surface area contributed by atoms with E-state index >= 15 is 0 Å². The van der Waals surface area contributed by atoms with E-state index in [1.54, 1.807) is 13.2 Å². The summed E-state index contributed by atoms with van der Waals surface area (Å²) in [6.45, 7) is 0. The van der Waals surface area contributed by atoms with Gasteiger partial charge in [-0.3, -0.25) is 8.97 Å². The van der Waals surface area contributed by atoms with Crippen molar-refractivity contribution in [2.45, 2.75) is 0 Å². The Hall–Kier alpha value is -2.89. The van der Waals surface area contributed by atoms with E-state index in [1.165, 1.54) is 4.57 Å². The molecular weight excluding hydrogens is 266 g/mol. The van der Waals surface area contributed by atoms with Crippen molar-refractivity contribution in [3.8, 4) is 11.3 Å². The molecule has 0 atom stereocenters. The molecule has 0 bridgehead atoms. The molecular formula is C15H13N5O. The number of hydrogen-bond acceptors (Lipinski definition) is 3. The highest BCUT2D eigenvalue weighted by atomic mass is 16.1. The first-order valence-corrected chi connectivity index (χ1v) is 6.62. The molecule has 0 N–H and O–H groups in total. The van der Waals surface area contributed by atoms with Gasteiger partial charge in [-0.25, -0.2) is 4.79 Å². The van der Waals surface area contributed by atoms with Gasteiger partial charge in [0.1, 0.15) is 5.52 Å². The molecule has 0 aliphatic heterocycles. The van der Waals surface area contributed by atoms with Gasteiger partial charge in [0.15, 0.2) is 5.65 Å². The summed E-state index contributed by atoms with van der Waals surface area (Å²) >= 11 is 0. The van der Waals surface area contributed by atoms with E-state index in [2.05, 4.69) is 22.1 Å². The van der Waals surface area contributed by atoms with Gasteiger partial charge < -0.3 is 4.57 Å². The molecule has 0 saturated heterocycles. The molecule has 0 fully saturated rings. The molecule has 0 aliphatic rings. The standard InChI is InChI=1S/C15H13N5O/c1-18-12(10-6-4-3-5-7-10)9-20-11-8-16-15(21)19(2)13(11)17-14(18)20/h3-9H,1-2H3. The van der Waals surface area contributed by atoms with Crippen LogP contribution in [0.25, 0.3) is 28.2 Å². The molecule has 0 unspecified atom stereocenters. The zero-order valence-corrected chi connectivity index (χ0v) is 11.7. The second-order valence-electron chi connectivity index (χ2n) is 5.03. The van der Waals surface area contributed by atoms with Gasteiger partial charge in [0, 0.05) is 20.3 Å². The Morgan fingerprint density at radius 1 is 1.05 bits per heavy atom. The van der Waals surface area contributed by atoms with Crippen molar-refractivity contribution in [2.24, 2.45) is 14.1 Å². The number of nitrogens with zero attached hydrogens (tertiary/aromatic N) is 5. The Bertz CT molecular complexity index is 1020. The van der Waals surface area contributed by atoms with Crippen LogP contribution in [0.3, 0.4) is 0 Å². The maximum absolute atomic E-state index is 11.6. The van der Waals surface area contributed by atoms with Crippen molar-refractivity contribution in [3.63, 3.8) is 0 Å². The Labute approximate surface area is 119 Å². The first-order chi connectivity index (χ1) is 10.2. The fourth-order valence-electron chi connectivity index (χ4n) is 2.64. The van der Waals surface area contributed by atoms with Crippen molar-refractivity contribution in [1.29, 1.82) is 0 Å².